The number of nitrogens with zero attached hydrogens (tertiary/aromatic N) is 2. The van der Waals surface area contributed by atoms with Gasteiger partial charge in [-0.15, -0.1) is 0 Å². The quantitative estimate of drug-likeness (QED) is 0.840. The summed E-state index contributed by atoms with van der Waals surface area (Å²) in [5.74, 6) is 0.289. The lowest BCUT2D eigenvalue weighted by molar-refractivity contribution is 0.0920. The van der Waals surface area contributed by atoms with Crippen molar-refractivity contribution in [1.29, 1.82) is 0 Å². The van der Waals surface area contributed by atoms with E-state index >= 15 is 0 Å². The van der Waals surface area contributed by atoms with Crippen LogP contribution >= 0.6 is 0 Å². The van der Waals surface area contributed by atoms with Crippen LogP contribution in [0.4, 0.5) is 5.69 Å². The fraction of sp³-hybridized carbons (Fsp3) is 0.692. The van der Waals surface area contributed by atoms with E-state index in [4.69, 9.17) is 5.73 Å². The van der Waals surface area contributed by atoms with Crippen LogP contribution in [0.15, 0.2) is 6.20 Å². The van der Waals surface area contributed by atoms with E-state index in [0.717, 1.165) is 0 Å². The van der Waals surface area contributed by atoms with E-state index in [2.05, 4.69) is 38.1 Å². The average Bonchev–Trinajstić information content (AvgIpc) is 2.67. The molecule has 5 nitrogen and oxygen atoms in total. The minimum atomic E-state index is -0.201. The maximum atomic E-state index is 12.0. The third kappa shape index (κ3) is 3.24. The van der Waals surface area contributed by atoms with Gasteiger partial charge < -0.3 is 11.1 Å². The molecule has 0 aliphatic carbocycles. The predicted molar refractivity (Wildman–Crippen MR) is 73.3 cm³/mol. The second kappa shape index (κ2) is 5.42. The van der Waals surface area contributed by atoms with Crippen LogP contribution in [0, 0.1) is 11.3 Å². The van der Waals surface area contributed by atoms with Crippen molar-refractivity contribution in [3.05, 3.63) is 11.9 Å². The zero-order valence-electron chi connectivity index (χ0n) is 11.9. The number of nitrogens with two attached hydrogens (primary N) is 1. The minimum Gasteiger partial charge on any atom is -0.396 e. The summed E-state index contributed by atoms with van der Waals surface area (Å²) in [7, 11) is 0. The fourth-order valence-corrected chi connectivity index (χ4v) is 1.37. The first-order valence-electron chi connectivity index (χ1n) is 6.39. The normalized spacial score (nSPS) is 11.9. The summed E-state index contributed by atoms with van der Waals surface area (Å²) in [6, 6.07) is 0. The van der Waals surface area contributed by atoms with Gasteiger partial charge in [0, 0.05) is 19.3 Å². The highest BCUT2D eigenvalue weighted by Gasteiger charge is 2.24. The SMILES string of the molecule is CCn1cc(N)c(C(=O)NCC(C)(C)C(C)C)n1. The topological polar surface area (TPSA) is 72.9 Å². The number of aromatic nitrogens is 2. The molecule has 1 heterocycles. The average molecular weight is 252 g/mol. The van der Waals surface area contributed by atoms with E-state index in [1.54, 1.807) is 10.9 Å². The molecule has 0 atom stereocenters. The Kier molecular flexibility index (Phi) is 4.38. The Morgan fingerprint density at radius 2 is 2.17 bits per heavy atom. The number of hydrogen-bond acceptors (Lipinski definition) is 3. The van der Waals surface area contributed by atoms with Gasteiger partial charge in [0.05, 0.1) is 5.69 Å². The standard InChI is InChI=1S/C13H24N4O/c1-6-17-7-10(14)11(16-17)12(18)15-8-13(4,5)9(2)3/h7,9H,6,8,14H2,1-5H3,(H,15,18). The van der Waals surface area contributed by atoms with Gasteiger partial charge in [-0.25, -0.2) is 0 Å². The van der Waals surface area contributed by atoms with Gasteiger partial charge in [0.2, 0.25) is 0 Å². The van der Waals surface area contributed by atoms with Crippen molar-refractivity contribution < 1.29 is 4.79 Å². The molecule has 0 aliphatic rings. The zero-order chi connectivity index (χ0) is 13.9. The van der Waals surface area contributed by atoms with Crippen LogP contribution in [0.2, 0.25) is 0 Å². The van der Waals surface area contributed by atoms with Gasteiger partial charge in [0.1, 0.15) is 0 Å². The van der Waals surface area contributed by atoms with Crippen LogP contribution in [-0.4, -0.2) is 22.2 Å². The molecule has 1 rings (SSSR count). The molecular weight excluding hydrogens is 228 g/mol. The van der Waals surface area contributed by atoms with Crippen LogP contribution in [0.5, 0.6) is 0 Å². The molecule has 0 fully saturated rings. The third-order valence-corrected chi connectivity index (χ3v) is 3.60. The van der Waals surface area contributed by atoms with Crippen molar-refractivity contribution in [2.24, 2.45) is 11.3 Å². The smallest absolute Gasteiger partial charge is 0.273 e. The summed E-state index contributed by atoms with van der Waals surface area (Å²) in [6.45, 7) is 11.8. The maximum absolute atomic E-state index is 12.0. The molecule has 0 saturated heterocycles. The molecule has 1 amide bonds. The van der Waals surface area contributed by atoms with Gasteiger partial charge in [-0.3, -0.25) is 9.48 Å². The van der Waals surface area contributed by atoms with E-state index in [1.165, 1.54) is 0 Å². The number of carbonyl (C=O) groups excluding carboxylic acids is 1. The Labute approximate surface area is 109 Å². The van der Waals surface area contributed by atoms with Gasteiger partial charge >= 0.3 is 0 Å². The highest BCUT2D eigenvalue weighted by Crippen LogP contribution is 2.24. The summed E-state index contributed by atoms with van der Waals surface area (Å²) in [6.07, 6.45) is 1.68. The van der Waals surface area contributed by atoms with E-state index in [9.17, 15) is 4.79 Å². The van der Waals surface area contributed by atoms with Crippen LogP contribution < -0.4 is 11.1 Å². The first-order chi connectivity index (χ1) is 8.27. The van der Waals surface area contributed by atoms with Crippen LogP contribution in [0.1, 0.15) is 45.1 Å². The number of carbonyl (C=O) groups is 1. The van der Waals surface area contributed by atoms with E-state index in [1.807, 2.05) is 6.92 Å². The number of anilines is 1. The lowest BCUT2D eigenvalue weighted by atomic mass is 9.81. The molecule has 1 aromatic rings. The molecule has 0 aromatic carbocycles. The molecule has 18 heavy (non-hydrogen) atoms. The summed E-state index contributed by atoms with van der Waals surface area (Å²) >= 11 is 0. The van der Waals surface area contributed by atoms with Crippen LogP contribution in [0.3, 0.4) is 0 Å². The molecule has 3 N–H and O–H groups in total. The monoisotopic (exact) mass is 252 g/mol. The Bertz CT molecular complexity index is 421. The highest BCUT2D eigenvalue weighted by molar-refractivity contribution is 5.97. The summed E-state index contributed by atoms with van der Waals surface area (Å²) in [5.41, 5.74) is 6.57. The minimum absolute atomic E-state index is 0.0533. The predicted octanol–water partition coefficient (Wildman–Crippen LogP) is 1.90. The molecule has 0 spiro atoms. The van der Waals surface area contributed by atoms with Gasteiger partial charge in [-0.1, -0.05) is 27.7 Å². The molecule has 0 radical (unpaired) electrons. The van der Waals surface area contributed by atoms with Crippen molar-refractivity contribution in [3.8, 4) is 0 Å². The van der Waals surface area contributed by atoms with Crippen molar-refractivity contribution in [2.45, 2.75) is 41.2 Å². The highest BCUT2D eigenvalue weighted by atomic mass is 16.2. The first kappa shape index (κ1) is 14.5. The van der Waals surface area contributed by atoms with E-state index in [0.29, 0.717) is 30.4 Å². The maximum Gasteiger partial charge on any atom is 0.273 e. The molecular formula is C13H24N4O. The molecule has 0 unspecified atom stereocenters. The number of nitrogen functional groups attached to an aromatic ring is 1. The Hall–Kier alpha value is -1.52. The van der Waals surface area contributed by atoms with Crippen molar-refractivity contribution in [3.63, 3.8) is 0 Å². The number of nitrogens with one attached hydrogen (secondary N) is 1. The largest absolute Gasteiger partial charge is 0.396 e. The lowest BCUT2D eigenvalue weighted by Gasteiger charge is -2.29. The van der Waals surface area contributed by atoms with Crippen LogP contribution in [0.25, 0.3) is 0 Å². The second-order valence-corrected chi connectivity index (χ2v) is 5.61. The first-order valence-corrected chi connectivity index (χ1v) is 6.39. The van der Waals surface area contributed by atoms with Crippen molar-refractivity contribution in [1.82, 2.24) is 15.1 Å². The zero-order valence-corrected chi connectivity index (χ0v) is 11.9. The summed E-state index contributed by atoms with van der Waals surface area (Å²) in [4.78, 5) is 12.0. The molecule has 5 heteroatoms. The fourth-order valence-electron chi connectivity index (χ4n) is 1.37. The Morgan fingerprint density at radius 3 is 2.61 bits per heavy atom. The van der Waals surface area contributed by atoms with E-state index < -0.39 is 0 Å². The number of aryl methyl sites for hydroxylation is 1. The molecule has 0 bridgehead atoms. The summed E-state index contributed by atoms with van der Waals surface area (Å²) < 4.78 is 1.66. The summed E-state index contributed by atoms with van der Waals surface area (Å²) in [5, 5.41) is 7.06. The number of hydrogen-bond donors (Lipinski definition) is 2. The van der Waals surface area contributed by atoms with Crippen molar-refractivity contribution in [2.75, 3.05) is 12.3 Å². The lowest BCUT2D eigenvalue weighted by Crippen LogP contribution is -2.37. The number of amides is 1. The Balaban J connectivity index is 2.68. The molecule has 0 saturated carbocycles. The van der Waals surface area contributed by atoms with Gasteiger partial charge in [-0.2, -0.15) is 5.10 Å². The van der Waals surface area contributed by atoms with E-state index in [-0.39, 0.29) is 11.3 Å². The Morgan fingerprint density at radius 1 is 1.56 bits per heavy atom. The molecule has 0 aliphatic heterocycles. The second-order valence-electron chi connectivity index (χ2n) is 5.61. The molecule has 102 valence electrons. The third-order valence-electron chi connectivity index (χ3n) is 3.60. The van der Waals surface area contributed by atoms with Crippen molar-refractivity contribution >= 4 is 11.6 Å². The van der Waals surface area contributed by atoms with Gasteiger partial charge in [0.15, 0.2) is 5.69 Å². The van der Waals surface area contributed by atoms with Gasteiger partial charge in [-0.05, 0) is 18.3 Å². The van der Waals surface area contributed by atoms with Gasteiger partial charge in [0.25, 0.3) is 5.91 Å². The van der Waals surface area contributed by atoms with Crippen LogP contribution in [-0.2, 0) is 6.54 Å². The molecule has 1 aromatic heterocycles. The number of rotatable bonds is 5.